The summed E-state index contributed by atoms with van der Waals surface area (Å²) in [4.78, 5) is 0. The molecule has 226 valence electrons. The van der Waals surface area contributed by atoms with E-state index in [1.165, 1.54) is 77.9 Å². The van der Waals surface area contributed by atoms with Crippen molar-refractivity contribution in [2.45, 2.75) is 106 Å². The zero-order valence-corrected chi connectivity index (χ0v) is 28.5. The van der Waals surface area contributed by atoms with Crippen LogP contribution in [0.25, 0.3) is 0 Å². The van der Waals surface area contributed by atoms with Gasteiger partial charge in [0, 0.05) is 22.0 Å². The Labute approximate surface area is 265 Å². The lowest BCUT2D eigenvalue weighted by molar-refractivity contribution is 0.517. The quantitative estimate of drug-likeness (QED) is 0.215. The molecule has 0 aliphatic heterocycles. The fourth-order valence-electron chi connectivity index (χ4n) is 7.40. The summed E-state index contributed by atoms with van der Waals surface area (Å²) in [6, 6.07) is 23.6. The second-order valence-corrected chi connectivity index (χ2v) is 14.3. The molecule has 0 heterocycles. The van der Waals surface area contributed by atoms with Crippen LogP contribution in [-0.2, 0) is 10.8 Å². The van der Waals surface area contributed by atoms with Crippen molar-refractivity contribution >= 4 is 11.4 Å². The van der Waals surface area contributed by atoms with E-state index in [9.17, 15) is 0 Å². The Hall–Kier alpha value is -3.78. The van der Waals surface area contributed by atoms with Gasteiger partial charge in [-0.15, -0.1) is 0 Å². The predicted octanol–water partition coefficient (Wildman–Crippen LogP) is 10.5. The van der Waals surface area contributed by atoms with E-state index >= 15 is 0 Å². The standard InChI is InChI=1S/C42H48N2/c1-25-11-13-33(19-27(25)3)41(9)17-15-39(35-21-29(5)31(7)23-37(35)41)43-44-40-16-18-42(10,34-14-12-26(2)28(4)20-34)38-24-32(8)30(6)22-36(38)40/h11-14,19-24H,15-18H2,1-10H3/b43-39-,44-40-. The van der Waals surface area contributed by atoms with Crippen LogP contribution >= 0.6 is 0 Å². The Bertz CT molecular complexity index is 1730. The molecule has 0 bridgehead atoms. The molecule has 0 spiro atoms. The van der Waals surface area contributed by atoms with E-state index in [-0.39, 0.29) is 10.8 Å². The van der Waals surface area contributed by atoms with E-state index in [0.29, 0.717) is 0 Å². The molecule has 0 N–H and O–H groups in total. The SMILES string of the molecule is Cc1ccc(C2(C)CC/C(=N/N=C3/CCC(C)(c4ccc(C)c(C)c4)c4cc(C)c(C)cc43)c3cc(C)c(C)cc32)cc1C. The van der Waals surface area contributed by atoms with E-state index in [0.717, 1.165) is 37.1 Å². The fourth-order valence-corrected chi connectivity index (χ4v) is 7.40. The summed E-state index contributed by atoms with van der Waals surface area (Å²) in [7, 11) is 0. The van der Waals surface area contributed by atoms with Crippen molar-refractivity contribution in [1.82, 2.24) is 0 Å². The van der Waals surface area contributed by atoms with E-state index in [4.69, 9.17) is 10.2 Å². The first-order valence-corrected chi connectivity index (χ1v) is 16.3. The van der Waals surface area contributed by atoms with Crippen molar-refractivity contribution in [2.75, 3.05) is 0 Å². The predicted molar refractivity (Wildman–Crippen MR) is 188 cm³/mol. The van der Waals surface area contributed by atoms with Crippen LogP contribution in [0.15, 0.2) is 70.9 Å². The van der Waals surface area contributed by atoms with Crippen LogP contribution < -0.4 is 0 Å². The van der Waals surface area contributed by atoms with Gasteiger partial charge in [0.15, 0.2) is 0 Å². The topological polar surface area (TPSA) is 24.7 Å². The highest BCUT2D eigenvalue weighted by Crippen LogP contribution is 2.46. The average molecular weight is 581 g/mol. The lowest BCUT2D eigenvalue weighted by Crippen LogP contribution is -2.33. The van der Waals surface area contributed by atoms with E-state index in [1.807, 2.05) is 0 Å². The minimum Gasteiger partial charge on any atom is -0.155 e. The van der Waals surface area contributed by atoms with Crippen LogP contribution in [-0.4, -0.2) is 11.4 Å². The van der Waals surface area contributed by atoms with Gasteiger partial charge in [0.2, 0.25) is 0 Å². The first-order valence-electron chi connectivity index (χ1n) is 16.3. The molecule has 44 heavy (non-hydrogen) atoms. The van der Waals surface area contributed by atoms with Crippen molar-refractivity contribution in [1.29, 1.82) is 0 Å². The van der Waals surface area contributed by atoms with E-state index < -0.39 is 0 Å². The minimum absolute atomic E-state index is 0.0571. The second kappa shape index (κ2) is 11.0. The maximum Gasteiger partial charge on any atom is 0.0706 e. The normalized spacial score (nSPS) is 23.1. The number of aryl methyl sites for hydroxylation is 8. The zero-order chi connectivity index (χ0) is 31.6. The number of rotatable bonds is 3. The maximum atomic E-state index is 5.11. The molecule has 2 aliphatic rings. The summed E-state index contributed by atoms with van der Waals surface area (Å²) in [5, 5.41) is 10.2. The molecule has 2 aliphatic carbocycles. The highest BCUT2D eigenvalue weighted by Gasteiger charge is 2.38. The molecule has 2 atom stereocenters. The van der Waals surface area contributed by atoms with Crippen LogP contribution in [0.1, 0.15) is 117 Å². The van der Waals surface area contributed by atoms with Gasteiger partial charge in [-0.25, -0.2) is 0 Å². The van der Waals surface area contributed by atoms with Crippen LogP contribution in [0, 0.1) is 55.4 Å². The molecule has 4 aromatic carbocycles. The Morgan fingerprint density at radius 1 is 0.432 bits per heavy atom. The molecule has 0 amide bonds. The number of hydrogen-bond donors (Lipinski definition) is 0. The Balaban J connectivity index is 1.46. The van der Waals surface area contributed by atoms with Crippen LogP contribution in [0.3, 0.4) is 0 Å². The Kier molecular flexibility index (Phi) is 7.55. The lowest BCUT2D eigenvalue weighted by Gasteiger charge is -2.38. The van der Waals surface area contributed by atoms with E-state index in [1.54, 1.807) is 0 Å². The first kappa shape index (κ1) is 30.3. The molecule has 2 nitrogen and oxygen atoms in total. The third kappa shape index (κ3) is 4.97. The van der Waals surface area contributed by atoms with Crippen molar-refractivity contribution in [3.8, 4) is 0 Å². The number of fused-ring (bicyclic) bond motifs is 2. The van der Waals surface area contributed by atoms with Gasteiger partial charge in [-0.2, -0.15) is 10.2 Å². The Morgan fingerprint density at radius 2 is 0.773 bits per heavy atom. The van der Waals surface area contributed by atoms with Gasteiger partial charge >= 0.3 is 0 Å². The molecular weight excluding hydrogens is 532 g/mol. The molecule has 0 saturated heterocycles. The largest absolute Gasteiger partial charge is 0.155 e. The monoisotopic (exact) mass is 580 g/mol. The molecule has 4 aromatic rings. The van der Waals surface area contributed by atoms with Gasteiger partial charge in [0.05, 0.1) is 11.4 Å². The smallest absolute Gasteiger partial charge is 0.0706 e. The van der Waals surface area contributed by atoms with Crippen molar-refractivity contribution in [2.24, 2.45) is 10.2 Å². The second-order valence-electron chi connectivity index (χ2n) is 14.3. The average Bonchev–Trinajstić information content (AvgIpc) is 2.98. The van der Waals surface area contributed by atoms with Crippen LogP contribution in [0.2, 0.25) is 0 Å². The van der Waals surface area contributed by atoms with Crippen molar-refractivity contribution < 1.29 is 0 Å². The van der Waals surface area contributed by atoms with Gasteiger partial charge in [0.1, 0.15) is 0 Å². The molecule has 2 unspecified atom stereocenters. The molecule has 0 fully saturated rings. The summed E-state index contributed by atoms with van der Waals surface area (Å²) in [5.41, 5.74) is 20.9. The highest BCUT2D eigenvalue weighted by atomic mass is 15.2. The molecule has 0 radical (unpaired) electrons. The fraction of sp³-hybridized carbons (Fsp3) is 0.381. The number of benzene rings is 4. The molecule has 2 heteroatoms. The summed E-state index contributed by atoms with van der Waals surface area (Å²) < 4.78 is 0. The molecule has 6 rings (SSSR count). The molecule has 0 aromatic heterocycles. The summed E-state index contributed by atoms with van der Waals surface area (Å²) >= 11 is 0. The number of hydrogen-bond acceptors (Lipinski definition) is 2. The lowest BCUT2D eigenvalue weighted by atomic mass is 9.65. The van der Waals surface area contributed by atoms with Gasteiger partial charge < -0.3 is 0 Å². The van der Waals surface area contributed by atoms with Gasteiger partial charge in [-0.1, -0.05) is 62.4 Å². The molecular formula is C42H48N2. The third-order valence-electron chi connectivity index (χ3n) is 11.4. The summed E-state index contributed by atoms with van der Waals surface area (Å²) in [6.07, 6.45) is 3.87. The van der Waals surface area contributed by atoms with E-state index in [2.05, 4.69) is 130 Å². The zero-order valence-electron chi connectivity index (χ0n) is 28.5. The van der Waals surface area contributed by atoms with Crippen molar-refractivity contribution in [3.63, 3.8) is 0 Å². The molecule has 0 saturated carbocycles. The van der Waals surface area contributed by atoms with Crippen LogP contribution in [0.5, 0.6) is 0 Å². The Morgan fingerprint density at radius 3 is 1.14 bits per heavy atom. The van der Waals surface area contributed by atoms with Crippen molar-refractivity contribution in [3.05, 3.63) is 139 Å². The van der Waals surface area contributed by atoms with Gasteiger partial charge in [-0.05, 0) is 160 Å². The maximum absolute atomic E-state index is 5.11. The highest BCUT2D eigenvalue weighted by molar-refractivity contribution is 6.07. The van der Waals surface area contributed by atoms with Crippen LogP contribution in [0.4, 0.5) is 0 Å². The van der Waals surface area contributed by atoms with Gasteiger partial charge in [-0.3, -0.25) is 0 Å². The number of nitrogens with zero attached hydrogens (tertiary/aromatic N) is 2. The minimum atomic E-state index is -0.0571. The first-order chi connectivity index (χ1) is 20.8. The summed E-state index contributed by atoms with van der Waals surface area (Å²) in [6.45, 7) is 22.6. The van der Waals surface area contributed by atoms with Gasteiger partial charge in [0.25, 0.3) is 0 Å². The summed E-state index contributed by atoms with van der Waals surface area (Å²) in [5.74, 6) is 0. The third-order valence-corrected chi connectivity index (χ3v) is 11.4.